The maximum absolute atomic E-state index is 6.33. The number of ether oxygens (including phenoxy) is 1. The topological polar surface area (TPSA) is 35.0 Å². The van der Waals surface area contributed by atoms with Gasteiger partial charge in [-0.2, -0.15) is 8.75 Å². The second-order valence-electron chi connectivity index (χ2n) is 7.13. The fourth-order valence-electron chi connectivity index (χ4n) is 4.45. The average molecular weight is 356 g/mol. The lowest BCUT2D eigenvalue weighted by molar-refractivity contribution is 0.299. The lowest BCUT2D eigenvalue weighted by Crippen LogP contribution is -2.13. The van der Waals surface area contributed by atoms with Crippen molar-refractivity contribution in [3.8, 4) is 28.0 Å². The molecule has 6 rings (SSSR count). The van der Waals surface area contributed by atoms with Crippen LogP contribution >= 0.6 is 11.7 Å². The minimum absolute atomic E-state index is 0.626. The Morgan fingerprint density at radius 3 is 2.62 bits per heavy atom. The summed E-state index contributed by atoms with van der Waals surface area (Å²) >= 11 is 1.30. The highest BCUT2D eigenvalue weighted by atomic mass is 32.1. The Hall–Kier alpha value is -2.72. The van der Waals surface area contributed by atoms with Crippen LogP contribution in [0.2, 0.25) is 0 Å². The summed E-state index contributed by atoms with van der Waals surface area (Å²) < 4.78 is 15.7. The number of rotatable bonds is 0. The van der Waals surface area contributed by atoms with Gasteiger partial charge >= 0.3 is 0 Å². The third-order valence-electron chi connectivity index (χ3n) is 5.60. The van der Waals surface area contributed by atoms with E-state index in [2.05, 4.69) is 53.8 Å². The Morgan fingerprint density at radius 1 is 0.885 bits per heavy atom. The molecule has 3 aromatic carbocycles. The van der Waals surface area contributed by atoms with E-state index in [1.165, 1.54) is 50.7 Å². The number of hydrogen-bond donors (Lipinski definition) is 0. The minimum atomic E-state index is 0.626. The van der Waals surface area contributed by atoms with E-state index in [-0.39, 0.29) is 0 Å². The average Bonchev–Trinajstić information content (AvgIpc) is 3.16. The third kappa shape index (κ3) is 1.82. The SMILES string of the molecule is Cc1ccc2c(c1)COc1c3c(c4nsnc4c1-2)-c1ccccc1CC3. The molecular formula is C22H16N2OS. The zero-order valence-electron chi connectivity index (χ0n) is 14.4. The first-order chi connectivity index (χ1) is 12.8. The summed E-state index contributed by atoms with van der Waals surface area (Å²) in [5, 5.41) is 0. The first-order valence-electron chi connectivity index (χ1n) is 8.93. The predicted molar refractivity (Wildman–Crippen MR) is 105 cm³/mol. The molecule has 2 aliphatic rings. The molecule has 4 heteroatoms. The van der Waals surface area contributed by atoms with E-state index in [0.29, 0.717) is 6.61 Å². The molecule has 126 valence electrons. The maximum atomic E-state index is 6.33. The Morgan fingerprint density at radius 2 is 1.69 bits per heavy atom. The van der Waals surface area contributed by atoms with Gasteiger partial charge in [-0.1, -0.05) is 48.0 Å². The first kappa shape index (κ1) is 14.4. The molecule has 0 amide bonds. The molecule has 0 fully saturated rings. The highest BCUT2D eigenvalue weighted by Gasteiger charge is 2.31. The number of benzene rings is 3. The van der Waals surface area contributed by atoms with Gasteiger partial charge < -0.3 is 4.74 Å². The fourth-order valence-corrected chi connectivity index (χ4v) is 5.01. The quantitative estimate of drug-likeness (QED) is 0.427. The zero-order chi connectivity index (χ0) is 17.3. The van der Waals surface area contributed by atoms with Crippen LogP contribution in [0, 0.1) is 6.92 Å². The van der Waals surface area contributed by atoms with Crippen molar-refractivity contribution >= 4 is 22.8 Å². The van der Waals surface area contributed by atoms with Crippen LogP contribution in [0.1, 0.15) is 22.3 Å². The van der Waals surface area contributed by atoms with Crippen molar-refractivity contribution in [1.82, 2.24) is 8.75 Å². The lowest BCUT2D eigenvalue weighted by atomic mass is 9.81. The number of aryl methyl sites for hydroxylation is 2. The Kier molecular flexibility index (Phi) is 2.86. The second kappa shape index (κ2) is 5.15. The molecule has 2 heterocycles. The molecular weight excluding hydrogens is 340 g/mol. The summed E-state index contributed by atoms with van der Waals surface area (Å²) in [6, 6.07) is 15.3. The van der Waals surface area contributed by atoms with Crippen molar-refractivity contribution in [3.05, 3.63) is 64.7 Å². The van der Waals surface area contributed by atoms with Crippen LogP contribution < -0.4 is 4.74 Å². The Balaban J connectivity index is 1.76. The molecule has 0 saturated heterocycles. The van der Waals surface area contributed by atoms with Gasteiger partial charge in [-0.15, -0.1) is 0 Å². The molecule has 0 spiro atoms. The molecule has 0 radical (unpaired) electrons. The van der Waals surface area contributed by atoms with Crippen molar-refractivity contribution in [2.24, 2.45) is 0 Å². The third-order valence-corrected chi connectivity index (χ3v) is 6.13. The van der Waals surface area contributed by atoms with E-state index in [0.717, 1.165) is 35.2 Å². The van der Waals surface area contributed by atoms with E-state index >= 15 is 0 Å². The maximum Gasteiger partial charge on any atom is 0.133 e. The molecule has 1 aromatic heterocycles. The van der Waals surface area contributed by atoms with Crippen LogP contribution in [0.5, 0.6) is 5.75 Å². The summed E-state index contributed by atoms with van der Waals surface area (Å²) in [4.78, 5) is 0. The van der Waals surface area contributed by atoms with Crippen LogP contribution in [-0.4, -0.2) is 8.75 Å². The molecule has 26 heavy (non-hydrogen) atoms. The highest BCUT2D eigenvalue weighted by molar-refractivity contribution is 7.00. The first-order valence-corrected chi connectivity index (χ1v) is 9.66. The molecule has 3 nitrogen and oxygen atoms in total. The Labute approximate surface area is 155 Å². The second-order valence-corrected chi connectivity index (χ2v) is 7.65. The number of fused-ring (bicyclic) bond motifs is 10. The van der Waals surface area contributed by atoms with Crippen molar-refractivity contribution in [2.75, 3.05) is 0 Å². The van der Waals surface area contributed by atoms with Gasteiger partial charge in [0, 0.05) is 11.1 Å². The minimum Gasteiger partial charge on any atom is -0.488 e. The summed E-state index contributed by atoms with van der Waals surface area (Å²) in [5.41, 5.74) is 12.1. The van der Waals surface area contributed by atoms with Gasteiger partial charge in [0.05, 0.1) is 17.3 Å². The predicted octanol–water partition coefficient (Wildman–Crippen LogP) is 5.32. The van der Waals surface area contributed by atoms with Gasteiger partial charge in [-0.05, 0) is 42.0 Å². The zero-order valence-corrected chi connectivity index (χ0v) is 15.2. The van der Waals surface area contributed by atoms with Crippen LogP contribution in [0.15, 0.2) is 42.5 Å². The number of aromatic nitrogens is 2. The van der Waals surface area contributed by atoms with Crippen molar-refractivity contribution in [3.63, 3.8) is 0 Å². The Bertz CT molecular complexity index is 1210. The largest absolute Gasteiger partial charge is 0.488 e. The van der Waals surface area contributed by atoms with Crippen molar-refractivity contribution in [1.29, 1.82) is 0 Å². The molecule has 0 bridgehead atoms. The van der Waals surface area contributed by atoms with E-state index in [1.807, 2.05) is 0 Å². The van der Waals surface area contributed by atoms with Crippen LogP contribution in [0.3, 0.4) is 0 Å². The lowest BCUT2D eigenvalue weighted by Gasteiger charge is -2.28. The van der Waals surface area contributed by atoms with E-state index in [1.54, 1.807) is 0 Å². The van der Waals surface area contributed by atoms with Gasteiger partial charge in [0.2, 0.25) is 0 Å². The van der Waals surface area contributed by atoms with Crippen LogP contribution in [0.4, 0.5) is 0 Å². The van der Waals surface area contributed by atoms with Gasteiger partial charge in [0.1, 0.15) is 23.4 Å². The molecule has 4 aromatic rings. The molecule has 1 aliphatic carbocycles. The van der Waals surface area contributed by atoms with E-state index < -0.39 is 0 Å². The summed E-state index contributed by atoms with van der Waals surface area (Å²) in [6.07, 6.45) is 2.03. The van der Waals surface area contributed by atoms with Crippen LogP contribution in [-0.2, 0) is 19.4 Å². The molecule has 0 atom stereocenters. The molecule has 1 aliphatic heterocycles. The summed E-state index contributed by atoms with van der Waals surface area (Å²) in [6.45, 7) is 2.75. The summed E-state index contributed by atoms with van der Waals surface area (Å²) in [5.74, 6) is 1.02. The van der Waals surface area contributed by atoms with Crippen LogP contribution in [0.25, 0.3) is 33.3 Å². The van der Waals surface area contributed by atoms with Gasteiger partial charge in [0.15, 0.2) is 0 Å². The van der Waals surface area contributed by atoms with E-state index in [4.69, 9.17) is 9.11 Å². The standard InChI is InChI=1S/C22H16N2OS/c1-12-6-8-16-14(10-12)11-25-22-17-9-7-13-4-2-3-5-15(13)18(17)20-21(19(16)22)24-26-23-20/h2-6,8,10H,7,9,11H2,1H3. The van der Waals surface area contributed by atoms with E-state index in [9.17, 15) is 0 Å². The summed E-state index contributed by atoms with van der Waals surface area (Å²) in [7, 11) is 0. The smallest absolute Gasteiger partial charge is 0.133 e. The van der Waals surface area contributed by atoms with Gasteiger partial charge in [0.25, 0.3) is 0 Å². The normalized spacial score (nSPS) is 14.2. The monoisotopic (exact) mass is 356 g/mol. The number of nitrogens with zero attached hydrogens (tertiary/aromatic N) is 2. The number of hydrogen-bond acceptors (Lipinski definition) is 4. The molecule has 0 saturated carbocycles. The van der Waals surface area contributed by atoms with Gasteiger partial charge in [-0.25, -0.2) is 0 Å². The molecule has 0 N–H and O–H groups in total. The van der Waals surface area contributed by atoms with Crippen molar-refractivity contribution < 1.29 is 4.74 Å². The van der Waals surface area contributed by atoms with Crippen molar-refractivity contribution in [2.45, 2.75) is 26.4 Å². The van der Waals surface area contributed by atoms with Gasteiger partial charge in [-0.3, -0.25) is 0 Å². The molecule has 0 unspecified atom stereocenters. The highest BCUT2D eigenvalue weighted by Crippen LogP contribution is 2.51. The fraction of sp³-hybridized carbons (Fsp3) is 0.182.